The molecular weight excluding hydrogens is 456 g/mol. The molecule has 34 heavy (non-hydrogen) atoms. The Labute approximate surface area is 199 Å². The second-order valence-corrected chi connectivity index (χ2v) is 7.76. The van der Waals surface area contributed by atoms with Crippen LogP contribution in [0.2, 0.25) is 5.02 Å². The van der Waals surface area contributed by atoms with Crippen LogP contribution in [0.5, 0.6) is 5.75 Å². The van der Waals surface area contributed by atoms with Gasteiger partial charge in [0.2, 0.25) is 5.91 Å². The number of amides is 2. The summed E-state index contributed by atoms with van der Waals surface area (Å²) in [5, 5.41) is 20.4. The van der Waals surface area contributed by atoms with Crippen molar-refractivity contribution in [2.75, 3.05) is 19.0 Å². The number of fused-ring (bicyclic) bond motifs is 1. The molecule has 4 rings (SSSR count). The molecule has 170 valence electrons. The molecular formula is C24H19ClN6O3. The highest BCUT2D eigenvalue weighted by Crippen LogP contribution is 2.29. The van der Waals surface area contributed by atoms with Crippen LogP contribution in [0, 0.1) is 18.3 Å². The van der Waals surface area contributed by atoms with Gasteiger partial charge < -0.3 is 15.4 Å². The molecule has 10 heteroatoms. The van der Waals surface area contributed by atoms with Gasteiger partial charge in [-0.05, 0) is 48.9 Å². The highest BCUT2D eigenvalue weighted by molar-refractivity contribution is 6.30. The van der Waals surface area contributed by atoms with Crippen LogP contribution in [0.15, 0.2) is 54.7 Å². The minimum absolute atomic E-state index is 0.148. The lowest BCUT2D eigenvalue weighted by atomic mass is 10.1. The fourth-order valence-electron chi connectivity index (χ4n) is 3.41. The van der Waals surface area contributed by atoms with Crippen LogP contribution in [0.3, 0.4) is 0 Å². The summed E-state index contributed by atoms with van der Waals surface area (Å²) in [6.07, 6.45) is 1.34. The number of benzene rings is 2. The molecule has 0 saturated carbocycles. The number of aryl methyl sites for hydroxylation is 1. The van der Waals surface area contributed by atoms with Crippen molar-refractivity contribution in [2.45, 2.75) is 6.92 Å². The molecule has 9 nitrogen and oxygen atoms in total. The topological polar surface area (TPSA) is 122 Å². The Balaban J connectivity index is 1.59. The molecule has 0 spiro atoms. The van der Waals surface area contributed by atoms with Crippen molar-refractivity contribution >= 4 is 40.1 Å². The maximum atomic E-state index is 12.6. The van der Waals surface area contributed by atoms with Crippen LogP contribution < -0.4 is 15.4 Å². The molecule has 4 aromatic rings. The third kappa shape index (κ3) is 4.53. The Morgan fingerprint density at radius 3 is 2.68 bits per heavy atom. The Bertz CT molecular complexity index is 1440. The zero-order valence-corrected chi connectivity index (χ0v) is 19.1. The number of hydrogen-bond donors (Lipinski definition) is 2. The number of pyridine rings is 1. The highest BCUT2D eigenvalue weighted by Gasteiger charge is 2.18. The van der Waals surface area contributed by atoms with Crippen LogP contribution in [-0.2, 0) is 4.79 Å². The number of carbonyl (C=O) groups is 2. The van der Waals surface area contributed by atoms with E-state index >= 15 is 0 Å². The maximum Gasteiger partial charge on any atom is 0.251 e. The van der Waals surface area contributed by atoms with Crippen LogP contribution in [0.25, 0.3) is 16.7 Å². The molecule has 2 aromatic carbocycles. The molecule has 0 aliphatic heterocycles. The number of nitriles is 1. The van der Waals surface area contributed by atoms with E-state index in [0.29, 0.717) is 27.7 Å². The predicted molar refractivity (Wildman–Crippen MR) is 127 cm³/mol. The van der Waals surface area contributed by atoms with Gasteiger partial charge in [-0.1, -0.05) is 23.7 Å². The van der Waals surface area contributed by atoms with Crippen molar-refractivity contribution < 1.29 is 14.3 Å². The van der Waals surface area contributed by atoms with Gasteiger partial charge in [0.15, 0.2) is 11.6 Å². The van der Waals surface area contributed by atoms with Gasteiger partial charge in [-0.15, -0.1) is 0 Å². The number of halogens is 1. The van der Waals surface area contributed by atoms with E-state index in [9.17, 15) is 14.9 Å². The van der Waals surface area contributed by atoms with Crippen molar-refractivity contribution in [3.8, 4) is 17.6 Å². The zero-order chi connectivity index (χ0) is 24.2. The van der Waals surface area contributed by atoms with E-state index in [1.165, 1.54) is 10.9 Å². The van der Waals surface area contributed by atoms with Crippen molar-refractivity contribution in [1.82, 2.24) is 20.1 Å². The number of rotatable bonds is 6. The second kappa shape index (κ2) is 9.60. The SMILES string of the molecule is COc1cccc2c(C)cc(-n3ncc(C#N)c3NC(=O)CNC(=O)c3ccc(Cl)cc3)nc12. The molecule has 2 heterocycles. The standard InChI is InChI=1S/C24H19ClN6O3/c1-14-10-20(29-22-18(14)4-3-5-19(22)34-2)31-23(16(11-26)12-28-31)30-21(32)13-27-24(33)15-6-8-17(25)9-7-15/h3-10,12H,13H2,1-2H3,(H,27,33)(H,30,32). The number of aromatic nitrogens is 3. The molecule has 2 N–H and O–H groups in total. The largest absolute Gasteiger partial charge is 0.494 e. The van der Waals surface area contributed by atoms with Crippen LogP contribution >= 0.6 is 11.6 Å². The van der Waals surface area contributed by atoms with E-state index in [1.807, 2.05) is 25.1 Å². The fourth-order valence-corrected chi connectivity index (χ4v) is 3.54. The summed E-state index contributed by atoms with van der Waals surface area (Å²) in [4.78, 5) is 29.5. The molecule has 0 fully saturated rings. The zero-order valence-electron chi connectivity index (χ0n) is 18.3. The molecule has 0 aliphatic rings. The summed E-state index contributed by atoms with van der Waals surface area (Å²) >= 11 is 5.83. The van der Waals surface area contributed by atoms with Gasteiger partial charge in [-0.3, -0.25) is 9.59 Å². The minimum Gasteiger partial charge on any atom is -0.494 e. The van der Waals surface area contributed by atoms with Crippen molar-refractivity contribution in [3.63, 3.8) is 0 Å². The van der Waals surface area contributed by atoms with E-state index in [2.05, 4.69) is 20.7 Å². The number of ether oxygens (including phenoxy) is 1. The van der Waals surface area contributed by atoms with E-state index in [4.69, 9.17) is 16.3 Å². The third-order valence-corrected chi connectivity index (χ3v) is 5.35. The van der Waals surface area contributed by atoms with Gasteiger partial charge in [-0.2, -0.15) is 15.0 Å². The van der Waals surface area contributed by atoms with Gasteiger partial charge in [0, 0.05) is 16.0 Å². The lowest BCUT2D eigenvalue weighted by Crippen LogP contribution is -2.33. The average Bonchev–Trinajstić information content (AvgIpc) is 3.25. The molecule has 2 aromatic heterocycles. The number of anilines is 1. The lowest BCUT2D eigenvalue weighted by Gasteiger charge is -2.13. The third-order valence-electron chi connectivity index (χ3n) is 5.10. The van der Waals surface area contributed by atoms with Crippen LogP contribution in [0.1, 0.15) is 21.5 Å². The first-order valence-electron chi connectivity index (χ1n) is 10.2. The number of methoxy groups -OCH3 is 1. The second-order valence-electron chi connectivity index (χ2n) is 7.32. The van der Waals surface area contributed by atoms with Gasteiger partial charge in [0.05, 0.1) is 19.9 Å². The van der Waals surface area contributed by atoms with Crippen molar-refractivity contribution in [1.29, 1.82) is 5.26 Å². The monoisotopic (exact) mass is 474 g/mol. The fraction of sp³-hybridized carbons (Fsp3) is 0.125. The molecule has 0 atom stereocenters. The van der Waals surface area contributed by atoms with E-state index < -0.39 is 11.8 Å². The summed E-state index contributed by atoms with van der Waals surface area (Å²) in [5.74, 6) is 0.173. The molecule has 0 radical (unpaired) electrons. The first-order valence-corrected chi connectivity index (χ1v) is 10.6. The van der Waals surface area contributed by atoms with E-state index in [0.717, 1.165) is 10.9 Å². The summed E-state index contributed by atoms with van der Waals surface area (Å²) < 4.78 is 6.80. The maximum absolute atomic E-state index is 12.6. The van der Waals surface area contributed by atoms with Crippen LogP contribution in [0.4, 0.5) is 5.82 Å². The van der Waals surface area contributed by atoms with Gasteiger partial charge >= 0.3 is 0 Å². The minimum atomic E-state index is -0.532. The first kappa shape index (κ1) is 22.8. The number of para-hydroxylation sites is 1. The number of hydrogen-bond acceptors (Lipinski definition) is 6. The van der Waals surface area contributed by atoms with Gasteiger partial charge in [-0.25, -0.2) is 4.98 Å². The molecule has 2 amide bonds. The van der Waals surface area contributed by atoms with Gasteiger partial charge in [0.1, 0.15) is 22.9 Å². The van der Waals surface area contributed by atoms with Crippen LogP contribution in [-0.4, -0.2) is 40.2 Å². The highest BCUT2D eigenvalue weighted by atomic mass is 35.5. The average molecular weight is 475 g/mol. The Hall–Kier alpha value is -4.42. The number of nitrogens with one attached hydrogen (secondary N) is 2. The Morgan fingerprint density at radius 1 is 1.21 bits per heavy atom. The summed E-state index contributed by atoms with van der Waals surface area (Å²) in [6, 6.07) is 15.7. The number of nitrogens with zero attached hydrogens (tertiary/aromatic N) is 4. The quantitative estimate of drug-likeness (QED) is 0.440. The van der Waals surface area contributed by atoms with Crippen molar-refractivity contribution in [2.24, 2.45) is 0 Å². The molecule has 0 unspecified atom stereocenters. The molecule has 0 saturated heterocycles. The summed E-state index contributed by atoms with van der Waals surface area (Å²) in [7, 11) is 1.56. The van der Waals surface area contributed by atoms with E-state index in [1.54, 1.807) is 43.5 Å². The summed E-state index contributed by atoms with van der Waals surface area (Å²) in [5.41, 5.74) is 2.06. The Kier molecular flexibility index (Phi) is 6.43. The lowest BCUT2D eigenvalue weighted by molar-refractivity contribution is -0.115. The Morgan fingerprint density at radius 2 is 1.97 bits per heavy atom. The molecule has 0 bridgehead atoms. The smallest absolute Gasteiger partial charge is 0.251 e. The normalized spacial score (nSPS) is 10.5. The van der Waals surface area contributed by atoms with E-state index in [-0.39, 0.29) is 17.9 Å². The predicted octanol–water partition coefficient (Wildman–Crippen LogP) is 3.63. The first-order chi connectivity index (χ1) is 16.4. The van der Waals surface area contributed by atoms with Gasteiger partial charge in [0.25, 0.3) is 5.91 Å². The number of carbonyl (C=O) groups excluding carboxylic acids is 2. The van der Waals surface area contributed by atoms with Crippen molar-refractivity contribution in [3.05, 3.63) is 76.4 Å². The molecule has 0 aliphatic carbocycles. The summed E-state index contributed by atoms with van der Waals surface area (Å²) in [6.45, 7) is 1.61.